The molecule has 7 heteroatoms. The van der Waals surface area contributed by atoms with Gasteiger partial charge in [-0.25, -0.2) is 4.79 Å². The average molecular weight is 402 g/mol. The van der Waals surface area contributed by atoms with Crippen molar-refractivity contribution in [2.24, 2.45) is 10.9 Å². The summed E-state index contributed by atoms with van der Waals surface area (Å²) < 4.78 is 0.773. The van der Waals surface area contributed by atoms with Crippen molar-refractivity contribution >= 4 is 50.9 Å². The van der Waals surface area contributed by atoms with E-state index >= 15 is 0 Å². The summed E-state index contributed by atoms with van der Waals surface area (Å²) in [5, 5.41) is 4.52. The molecule has 0 saturated carbocycles. The molecule has 0 atom stereocenters. The van der Waals surface area contributed by atoms with Crippen molar-refractivity contribution in [3.63, 3.8) is 0 Å². The standard InChI is InChI=1S/C15H11BrCl2N2O2/c16-11-3-1-2-10(8-11)15(21)22-20-14(19)7-9-4-5-12(17)13(18)6-9/h1-6,8H,7H2,(H2,19,20). The summed E-state index contributed by atoms with van der Waals surface area (Å²) in [6.45, 7) is 0. The van der Waals surface area contributed by atoms with Crippen LogP contribution in [0.4, 0.5) is 0 Å². The van der Waals surface area contributed by atoms with Gasteiger partial charge in [-0.15, -0.1) is 0 Å². The molecule has 2 rings (SSSR count). The molecule has 0 saturated heterocycles. The number of oxime groups is 1. The number of nitrogens with zero attached hydrogens (tertiary/aromatic N) is 1. The first kappa shape index (κ1) is 16.8. The molecule has 0 aliphatic heterocycles. The molecule has 2 aromatic carbocycles. The first-order chi connectivity index (χ1) is 10.5. The van der Waals surface area contributed by atoms with Gasteiger partial charge in [0.2, 0.25) is 0 Å². The Balaban J connectivity index is 2.00. The van der Waals surface area contributed by atoms with Crippen molar-refractivity contribution in [2.45, 2.75) is 6.42 Å². The number of rotatable bonds is 4. The summed E-state index contributed by atoms with van der Waals surface area (Å²) in [6.07, 6.45) is 0.294. The van der Waals surface area contributed by atoms with Crippen molar-refractivity contribution in [1.29, 1.82) is 0 Å². The van der Waals surface area contributed by atoms with Gasteiger partial charge in [0.25, 0.3) is 0 Å². The first-order valence-electron chi connectivity index (χ1n) is 6.19. The van der Waals surface area contributed by atoms with Crippen LogP contribution in [0.25, 0.3) is 0 Å². The Morgan fingerprint density at radius 3 is 2.64 bits per heavy atom. The number of hydrogen-bond donors (Lipinski definition) is 1. The zero-order valence-corrected chi connectivity index (χ0v) is 14.3. The molecule has 0 aliphatic carbocycles. The lowest BCUT2D eigenvalue weighted by Gasteiger charge is -2.03. The Hall–Kier alpha value is -1.56. The second-order valence-electron chi connectivity index (χ2n) is 4.40. The Bertz CT molecular complexity index is 735. The van der Waals surface area contributed by atoms with Crippen molar-refractivity contribution in [2.75, 3.05) is 0 Å². The molecule has 0 spiro atoms. The summed E-state index contributed by atoms with van der Waals surface area (Å²) in [5.74, 6) is -0.430. The lowest BCUT2D eigenvalue weighted by Crippen LogP contribution is -2.16. The number of hydrogen-bond acceptors (Lipinski definition) is 3. The third kappa shape index (κ3) is 4.73. The zero-order valence-electron chi connectivity index (χ0n) is 11.2. The molecule has 114 valence electrons. The van der Waals surface area contributed by atoms with E-state index in [0.717, 1.165) is 10.0 Å². The Labute approximate surface area is 146 Å². The molecule has 0 amide bonds. The SMILES string of the molecule is NC(Cc1ccc(Cl)c(Cl)c1)=NOC(=O)c1cccc(Br)c1. The Morgan fingerprint density at radius 1 is 1.18 bits per heavy atom. The topological polar surface area (TPSA) is 64.7 Å². The van der Waals surface area contributed by atoms with Crippen LogP contribution in [0.1, 0.15) is 15.9 Å². The van der Waals surface area contributed by atoms with E-state index in [1.54, 1.807) is 42.5 Å². The summed E-state index contributed by atoms with van der Waals surface area (Å²) >= 11 is 15.0. The molecule has 0 radical (unpaired) electrons. The van der Waals surface area contributed by atoms with Gasteiger partial charge >= 0.3 is 5.97 Å². The van der Waals surface area contributed by atoms with E-state index in [4.69, 9.17) is 33.8 Å². The molecule has 0 heterocycles. The molecule has 0 bridgehead atoms. The summed E-state index contributed by atoms with van der Waals surface area (Å²) in [5.41, 5.74) is 6.93. The van der Waals surface area contributed by atoms with Gasteiger partial charge in [-0.3, -0.25) is 0 Å². The van der Waals surface area contributed by atoms with Crippen LogP contribution in [0.5, 0.6) is 0 Å². The van der Waals surface area contributed by atoms with E-state index in [-0.39, 0.29) is 5.84 Å². The molecule has 22 heavy (non-hydrogen) atoms. The maximum Gasteiger partial charge on any atom is 0.365 e. The zero-order chi connectivity index (χ0) is 16.1. The minimum absolute atomic E-state index is 0.154. The number of carbonyl (C=O) groups is 1. The van der Waals surface area contributed by atoms with E-state index in [1.807, 2.05) is 0 Å². The molecule has 2 aromatic rings. The van der Waals surface area contributed by atoms with Crippen molar-refractivity contribution in [3.8, 4) is 0 Å². The van der Waals surface area contributed by atoms with Crippen LogP contribution >= 0.6 is 39.1 Å². The van der Waals surface area contributed by atoms with Crippen LogP contribution < -0.4 is 5.73 Å². The highest BCUT2D eigenvalue weighted by molar-refractivity contribution is 9.10. The minimum atomic E-state index is -0.585. The van der Waals surface area contributed by atoms with E-state index in [2.05, 4.69) is 21.1 Å². The second-order valence-corrected chi connectivity index (χ2v) is 6.13. The molecule has 4 nitrogen and oxygen atoms in total. The maximum atomic E-state index is 11.8. The largest absolute Gasteiger partial charge is 0.384 e. The Kier molecular flexibility index (Phi) is 5.83. The predicted molar refractivity (Wildman–Crippen MR) is 91.3 cm³/mol. The second kappa shape index (κ2) is 7.63. The van der Waals surface area contributed by atoms with Crippen LogP contribution in [-0.2, 0) is 11.3 Å². The number of nitrogens with two attached hydrogens (primary N) is 1. The van der Waals surface area contributed by atoms with Crippen molar-refractivity contribution in [3.05, 3.63) is 68.1 Å². The van der Waals surface area contributed by atoms with Crippen LogP contribution in [0.3, 0.4) is 0 Å². The lowest BCUT2D eigenvalue weighted by atomic mass is 10.1. The monoisotopic (exact) mass is 400 g/mol. The van der Waals surface area contributed by atoms with Gasteiger partial charge in [-0.1, -0.05) is 56.4 Å². The first-order valence-corrected chi connectivity index (χ1v) is 7.74. The quantitative estimate of drug-likeness (QED) is 0.356. The van der Waals surface area contributed by atoms with Crippen LogP contribution in [0.2, 0.25) is 10.0 Å². The van der Waals surface area contributed by atoms with Gasteiger partial charge in [-0.05, 0) is 35.9 Å². The highest BCUT2D eigenvalue weighted by Gasteiger charge is 2.08. The van der Waals surface area contributed by atoms with Crippen LogP contribution in [-0.4, -0.2) is 11.8 Å². The highest BCUT2D eigenvalue weighted by atomic mass is 79.9. The molecule has 0 aromatic heterocycles. The smallest absolute Gasteiger partial charge is 0.365 e. The van der Waals surface area contributed by atoms with Gasteiger partial charge < -0.3 is 10.6 Å². The molecule has 0 unspecified atom stereocenters. The summed E-state index contributed by atoms with van der Waals surface area (Å²) in [4.78, 5) is 16.6. The number of benzene rings is 2. The van der Waals surface area contributed by atoms with Crippen LogP contribution in [0, 0.1) is 0 Å². The predicted octanol–water partition coefficient (Wildman–Crippen LogP) is 4.43. The van der Waals surface area contributed by atoms with Crippen LogP contribution in [0.15, 0.2) is 52.1 Å². The number of carbonyl (C=O) groups excluding carboxylic acids is 1. The fraction of sp³-hybridized carbons (Fsp3) is 0.0667. The molecular weight excluding hydrogens is 391 g/mol. The molecular formula is C15H11BrCl2N2O2. The fourth-order valence-electron chi connectivity index (χ4n) is 1.66. The van der Waals surface area contributed by atoms with Gasteiger partial charge in [0, 0.05) is 10.9 Å². The minimum Gasteiger partial charge on any atom is -0.384 e. The number of halogens is 3. The normalized spacial score (nSPS) is 11.3. The van der Waals surface area contributed by atoms with Crippen molar-refractivity contribution in [1.82, 2.24) is 0 Å². The molecule has 2 N–H and O–H groups in total. The van der Waals surface area contributed by atoms with Gasteiger partial charge in [-0.2, -0.15) is 0 Å². The van der Waals surface area contributed by atoms with Gasteiger partial charge in [0.15, 0.2) is 0 Å². The van der Waals surface area contributed by atoms with Gasteiger partial charge in [0.1, 0.15) is 5.84 Å². The van der Waals surface area contributed by atoms with E-state index < -0.39 is 5.97 Å². The maximum absolute atomic E-state index is 11.8. The molecule has 0 aliphatic rings. The summed E-state index contributed by atoms with van der Waals surface area (Å²) in [6, 6.07) is 11.9. The summed E-state index contributed by atoms with van der Waals surface area (Å²) in [7, 11) is 0. The Morgan fingerprint density at radius 2 is 1.95 bits per heavy atom. The van der Waals surface area contributed by atoms with Gasteiger partial charge in [0.05, 0.1) is 15.6 Å². The average Bonchev–Trinajstić information content (AvgIpc) is 2.48. The van der Waals surface area contributed by atoms with E-state index in [1.165, 1.54) is 0 Å². The fourth-order valence-corrected chi connectivity index (χ4v) is 2.38. The highest BCUT2D eigenvalue weighted by Crippen LogP contribution is 2.22. The third-order valence-corrected chi connectivity index (χ3v) is 3.91. The van der Waals surface area contributed by atoms with Crippen molar-refractivity contribution < 1.29 is 9.63 Å². The van der Waals surface area contributed by atoms with E-state index in [9.17, 15) is 4.79 Å². The number of amidine groups is 1. The van der Waals surface area contributed by atoms with E-state index in [0.29, 0.717) is 22.0 Å². The lowest BCUT2D eigenvalue weighted by molar-refractivity contribution is 0.0515. The third-order valence-electron chi connectivity index (χ3n) is 2.68. The molecule has 0 fully saturated rings.